The number of hydrogen-bond donors (Lipinski definition) is 1. The van der Waals surface area contributed by atoms with Crippen LogP contribution in [0.2, 0.25) is 0 Å². The number of allylic oxidation sites excluding steroid dienone is 1. The maximum Gasteiger partial charge on any atom is 0.243 e. The standard InChI is InChI=1S/C12H20N2O2S2/c1-4-5-6-7-14(3)18(15,16)12-8-11(9-13-2)17-10-12/h4,8,10,13H,1,5-7,9H2,2-3H3. The first-order chi connectivity index (χ1) is 8.52. The van der Waals surface area contributed by atoms with E-state index in [-0.39, 0.29) is 0 Å². The number of thiophene rings is 1. The maximum atomic E-state index is 12.2. The van der Waals surface area contributed by atoms with Gasteiger partial charge in [0.05, 0.1) is 4.90 Å². The van der Waals surface area contributed by atoms with Crippen LogP contribution < -0.4 is 5.32 Å². The van der Waals surface area contributed by atoms with Crippen molar-refractivity contribution in [1.29, 1.82) is 0 Å². The predicted octanol–water partition coefficient (Wildman–Crippen LogP) is 2.05. The van der Waals surface area contributed by atoms with Crippen LogP contribution in [0.25, 0.3) is 0 Å². The van der Waals surface area contributed by atoms with E-state index < -0.39 is 10.0 Å². The Kier molecular flexibility index (Phi) is 6.01. The van der Waals surface area contributed by atoms with Crippen molar-refractivity contribution in [2.24, 2.45) is 0 Å². The van der Waals surface area contributed by atoms with Crippen molar-refractivity contribution in [2.45, 2.75) is 24.3 Å². The summed E-state index contributed by atoms with van der Waals surface area (Å²) in [6, 6.07) is 1.74. The Morgan fingerprint density at radius 1 is 1.56 bits per heavy atom. The van der Waals surface area contributed by atoms with Gasteiger partial charge in [0.15, 0.2) is 0 Å². The van der Waals surface area contributed by atoms with Crippen LogP contribution in [0, 0.1) is 0 Å². The normalized spacial score (nSPS) is 11.9. The van der Waals surface area contributed by atoms with Crippen LogP contribution in [0.15, 0.2) is 29.0 Å². The lowest BCUT2D eigenvalue weighted by Gasteiger charge is -2.15. The van der Waals surface area contributed by atoms with Crippen molar-refractivity contribution >= 4 is 21.4 Å². The van der Waals surface area contributed by atoms with Gasteiger partial charge in [-0.3, -0.25) is 0 Å². The van der Waals surface area contributed by atoms with Gasteiger partial charge in [-0.25, -0.2) is 12.7 Å². The van der Waals surface area contributed by atoms with E-state index in [1.807, 2.05) is 7.05 Å². The van der Waals surface area contributed by atoms with Crippen molar-refractivity contribution in [3.63, 3.8) is 0 Å². The van der Waals surface area contributed by atoms with Gasteiger partial charge in [0.25, 0.3) is 0 Å². The van der Waals surface area contributed by atoms with Crippen molar-refractivity contribution in [3.8, 4) is 0 Å². The predicted molar refractivity (Wildman–Crippen MR) is 76.3 cm³/mol. The van der Waals surface area contributed by atoms with Gasteiger partial charge in [-0.15, -0.1) is 17.9 Å². The zero-order valence-electron chi connectivity index (χ0n) is 10.8. The molecular formula is C12H20N2O2S2. The lowest BCUT2D eigenvalue weighted by atomic mass is 10.3. The molecule has 1 heterocycles. The number of sulfonamides is 1. The number of hydrogen-bond acceptors (Lipinski definition) is 4. The third-order valence-corrected chi connectivity index (χ3v) is 5.49. The van der Waals surface area contributed by atoms with E-state index in [1.54, 1.807) is 24.6 Å². The maximum absolute atomic E-state index is 12.2. The van der Waals surface area contributed by atoms with Crippen LogP contribution in [0.3, 0.4) is 0 Å². The lowest BCUT2D eigenvalue weighted by molar-refractivity contribution is 0.463. The Morgan fingerprint density at radius 2 is 2.28 bits per heavy atom. The van der Waals surface area contributed by atoms with E-state index in [1.165, 1.54) is 15.6 Å². The van der Waals surface area contributed by atoms with Gasteiger partial charge < -0.3 is 5.32 Å². The molecule has 0 aliphatic carbocycles. The second-order valence-electron chi connectivity index (χ2n) is 4.04. The lowest BCUT2D eigenvalue weighted by Crippen LogP contribution is -2.27. The highest BCUT2D eigenvalue weighted by Gasteiger charge is 2.21. The molecule has 0 aliphatic rings. The first kappa shape index (κ1) is 15.4. The second-order valence-corrected chi connectivity index (χ2v) is 7.08. The zero-order valence-corrected chi connectivity index (χ0v) is 12.5. The number of unbranched alkanes of at least 4 members (excludes halogenated alkanes) is 1. The molecule has 1 N–H and O–H groups in total. The molecule has 1 aromatic heterocycles. The Hall–Kier alpha value is -0.690. The SMILES string of the molecule is C=CCCCN(C)S(=O)(=O)c1csc(CNC)c1. The highest BCUT2D eigenvalue weighted by Crippen LogP contribution is 2.22. The van der Waals surface area contributed by atoms with Crippen molar-refractivity contribution < 1.29 is 8.42 Å². The molecule has 0 aliphatic heterocycles. The molecule has 6 heteroatoms. The van der Waals surface area contributed by atoms with Crippen LogP contribution in [-0.2, 0) is 16.6 Å². The Morgan fingerprint density at radius 3 is 2.89 bits per heavy atom. The molecule has 1 aromatic rings. The summed E-state index contributed by atoms with van der Waals surface area (Å²) in [6.45, 7) is 4.84. The van der Waals surface area contributed by atoms with E-state index in [0.717, 1.165) is 17.7 Å². The monoisotopic (exact) mass is 288 g/mol. The fourth-order valence-corrected chi connectivity index (χ4v) is 4.01. The molecule has 0 amide bonds. The number of nitrogens with one attached hydrogen (secondary N) is 1. The van der Waals surface area contributed by atoms with Crippen LogP contribution in [0.1, 0.15) is 17.7 Å². The molecule has 0 radical (unpaired) electrons. The average Bonchev–Trinajstić information content (AvgIpc) is 2.79. The molecule has 4 nitrogen and oxygen atoms in total. The fraction of sp³-hybridized carbons (Fsp3) is 0.500. The van der Waals surface area contributed by atoms with Crippen LogP contribution in [0.5, 0.6) is 0 Å². The van der Waals surface area contributed by atoms with Gasteiger partial charge in [-0.1, -0.05) is 6.08 Å². The fourth-order valence-electron chi connectivity index (χ4n) is 1.52. The van der Waals surface area contributed by atoms with Crippen molar-refractivity contribution in [3.05, 3.63) is 29.0 Å². The van der Waals surface area contributed by atoms with Gasteiger partial charge in [0, 0.05) is 30.4 Å². The molecular weight excluding hydrogens is 268 g/mol. The quantitative estimate of drug-likeness (QED) is 0.588. The molecule has 0 aromatic carbocycles. The zero-order chi connectivity index (χ0) is 13.6. The highest BCUT2D eigenvalue weighted by molar-refractivity contribution is 7.89. The number of rotatable bonds is 8. The Bertz CT molecular complexity index is 480. The first-order valence-electron chi connectivity index (χ1n) is 5.81. The molecule has 0 spiro atoms. The largest absolute Gasteiger partial charge is 0.315 e. The Balaban J connectivity index is 2.74. The highest BCUT2D eigenvalue weighted by atomic mass is 32.2. The van der Waals surface area contributed by atoms with Gasteiger partial charge >= 0.3 is 0 Å². The topological polar surface area (TPSA) is 49.4 Å². The summed E-state index contributed by atoms with van der Waals surface area (Å²) in [7, 11) is 0.126. The molecule has 1 rings (SSSR count). The third-order valence-electron chi connectivity index (χ3n) is 2.57. The van der Waals surface area contributed by atoms with E-state index in [0.29, 0.717) is 18.0 Å². The summed E-state index contributed by atoms with van der Waals surface area (Å²) in [6.07, 6.45) is 3.43. The Labute approximate surface area is 113 Å². The molecule has 0 bridgehead atoms. The molecule has 102 valence electrons. The van der Waals surface area contributed by atoms with Crippen molar-refractivity contribution in [1.82, 2.24) is 9.62 Å². The first-order valence-corrected chi connectivity index (χ1v) is 8.13. The van der Waals surface area contributed by atoms with Crippen molar-refractivity contribution in [2.75, 3.05) is 20.6 Å². The minimum Gasteiger partial charge on any atom is -0.315 e. The molecule has 0 saturated carbocycles. The molecule has 0 saturated heterocycles. The van der Waals surface area contributed by atoms with E-state index in [9.17, 15) is 8.42 Å². The van der Waals surface area contributed by atoms with Crippen LogP contribution in [-0.4, -0.2) is 33.4 Å². The van der Waals surface area contributed by atoms with Gasteiger partial charge in [0.2, 0.25) is 10.0 Å². The molecule has 0 unspecified atom stereocenters. The van der Waals surface area contributed by atoms with E-state index >= 15 is 0 Å². The summed E-state index contributed by atoms with van der Waals surface area (Å²) >= 11 is 1.46. The third kappa shape index (κ3) is 3.91. The molecule has 18 heavy (non-hydrogen) atoms. The minimum absolute atomic E-state index is 0.388. The van der Waals surface area contributed by atoms with Gasteiger partial charge in [-0.2, -0.15) is 0 Å². The molecule has 0 fully saturated rings. The summed E-state index contributed by atoms with van der Waals surface area (Å²) in [5.41, 5.74) is 0. The van der Waals surface area contributed by atoms with E-state index in [4.69, 9.17) is 0 Å². The molecule has 0 atom stereocenters. The average molecular weight is 288 g/mol. The van der Waals surface area contributed by atoms with Crippen LogP contribution >= 0.6 is 11.3 Å². The number of nitrogens with zero attached hydrogens (tertiary/aromatic N) is 1. The van der Waals surface area contributed by atoms with E-state index in [2.05, 4.69) is 11.9 Å². The van der Waals surface area contributed by atoms with Gasteiger partial charge in [0.1, 0.15) is 0 Å². The minimum atomic E-state index is -3.34. The summed E-state index contributed by atoms with van der Waals surface area (Å²) in [5.74, 6) is 0. The van der Waals surface area contributed by atoms with Gasteiger partial charge in [-0.05, 0) is 26.0 Å². The summed E-state index contributed by atoms with van der Waals surface area (Å²) in [4.78, 5) is 1.41. The summed E-state index contributed by atoms with van der Waals surface area (Å²) in [5, 5.41) is 4.71. The smallest absolute Gasteiger partial charge is 0.243 e. The second kappa shape index (κ2) is 7.04. The van der Waals surface area contributed by atoms with Crippen LogP contribution in [0.4, 0.5) is 0 Å². The summed E-state index contributed by atoms with van der Waals surface area (Å²) < 4.78 is 25.9.